The second-order valence-corrected chi connectivity index (χ2v) is 6.95. The van der Waals surface area contributed by atoms with Gasteiger partial charge in [0.15, 0.2) is 0 Å². The molecule has 2 aromatic heterocycles. The molecule has 0 aliphatic heterocycles. The average Bonchev–Trinajstić information content (AvgIpc) is 3.19. The third kappa shape index (κ3) is 5.48. The lowest BCUT2D eigenvalue weighted by molar-refractivity contribution is -0.120. The highest BCUT2D eigenvalue weighted by molar-refractivity contribution is 5.89. The molecule has 4 rings (SSSR count). The summed E-state index contributed by atoms with van der Waals surface area (Å²) in [7, 11) is 0. The Morgan fingerprint density at radius 1 is 1.03 bits per heavy atom. The Morgan fingerprint density at radius 2 is 1.84 bits per heavy atom. The summed E-state index contributed by atoms with van der Waals surface area (Å²) in [6, 6.07) is 19.6. The van der Waals surface area contributed by atoms with Crippen molar-refractivity contribution < 1.29 is 9.18 Å². The fourth-order valence-electron chi connectivity index (χ4n) is 3.11. The van der Waals surface area contributed by atoms with Gasteiger partial charge in [0.25, 0.3) is 0 Å². The van der Waals surface area contributed by atoms with E-state index in [9.17, 15) is 9.18 Å². The normalized spacial score (nSPS) is 11.0. The maximum atomic E-state index is 13.0. The van der Waals surface area contributed by atoms with Gasteiger partial charge in [-0.1, -0.05) is 42.5 Å². The van der Waals surface area contributed by atoms with Crippen LogP contribution in [0.4, 0.5) is 4.39 Å². The summed E-state index contributed by atoms with van der Waals surface area (Å²) in [6.45, 7) is 0.610. The zero-order valence-corrected chi connectivity index (χ0v) is 16.6. The number of amides is 1. The van der Waals surface area contributed by atoms with Gasteiger partial charge in [0, 0.05) is 29.7 Å². The third-order valence-electron chi connectivity index (χ3n) is 4.58. The molecular formula is C24H20FN5O. The molecule has 0 unspecified atom stereocenters. The van der Waals surface area contributed by atoms with Crippen molar-refractivity contribution >= 4 is 12.1 Å². The first-order chi connectivity index (χ1) is 15.2. The number of rotatable bonds is 7. The molecule has 31 heavy (non-hydrogen) atoms. The van der Waals surface area contributed by atoms with Crippen molar-refractivity contribution in [2.75, 3.05) is 0 Å². The molecule has 1 N–H and O–H groups in total. The number of nitrogens with one attached hydrogen (secondary N) is 1. The van der Waals surface area contributed by atoms with Gasteiger partial charge in [-0.2, -0.15) is 10.2 Å². The Morgan fingerprint density at radius 3 is 2.58 bits per heavy atom. The van der Waals surface area contributed by atoms with Gasteiger partial charge in [-0.3, -0.25) is 14.5 Å². The van der Waals surface area contributed by atoms with E-state index in [2.05, 4.69) is 20.6 Å². The molecule has 0 bridgehead atoms. The molecule has 0 aliphatic carbocycles. The average molecular weight is 413 g/mol. The second-order valence-electron chi connectivity index (χ2n) is 6.95. The predicted octanol–water partition coefficient (Wildman–Crippen LogP) is 3.83. The first kappa shape index (κ1) is 20.2. The zero-order valence-electron chi connectivity index (χ0n) is 16.6. The van der Waals surface area contributed by atoms with E-state index >= 15 is 0 Å². The van der Waals surface area contributed by atoms with Crippen molar-refractivity contribution in [2.24, 2.45) is 5.10 Å². The highest BCUT2D eigenvalue weighted by Crippen LogP contribution is 2.20. The van der Waals surface area contributed by atoms with Crippen LogP contribution in [0.1, 0.15) is 16.7 Å². The maximum absolute atomic E-state index is 13.0. The first-order valence-electron chi connectivity index (χ1n) is 9.75. The Hall–Kier alpha value is -4.13. The number of benzene rings is 2. The highest BCUT2D eigenvalue weighted by atomic mass is 19.1. The van der Waals surface area contributed by atoms with Gasteiger partial charge in [0.2, 0.25) is 5.91 Å². The Labute approximate surface area is 179 Å². The van der Waals surface area contributed by atoms with Gasteiger partial charge >= 0.3 is 0 Å². The van der Waals surface area contributed by atoms with Gasteiger partial charge in [-0.05, 0) is 35.4 Å². The lowest BCUT2D eigenvalue weighted by Gasteiger charge is -2.01. The van der Waals surface area contributed by atoms with Crippen LogP contribution >= 0.6 is 0 Å². The number of hydrogen-bond acceptors (Lipinski definition) is 4. The molecule has 6 nitrogen and oxygen atoms in total. The van der Waals surface area contributed by atoms with Gasteiger partial charge in [-0.15, -0.1) is 0 Å². The fourth-order valence-corrected chi connectivity index (χ4v) is 3.11. The number of hydrogen-bond donors (Lipinski definition) is 1. The predicted molar refractivity (Wildman–Crippen MR) is 117 cm³/mol. The summed E-state index contributed by atoms with van der Waals surface area (Å²) in [5.74, 6) is -0.625. The zero-order chi connectivity index (χ0) is 21.5. The minimum atomic E-state index is -0.336. The summed E-state index contributed by atoms with van der Waals surface area (Å²) in [5, 5.41) is 8.78. The van der Waals surface area contributed by atoms with Gasteiger partial charge < -0.3 is 0 Å². The minimum Gasteiger partial charge on any atom is -0.273 e. The van der Waals surface area contributed by atoms with Crippen molar-refractivity contribution in [1.29, 1.82) is 0 Å². The molecule has 7 heteroatoms. The number of carbonyl (C=O) groups excluding carboxylic acids is 1. The lowest BCUT2D eigenvalue weighted by Crippen LogP contribution is -2.19. The van der Waals surface area contributed by atoms with Gasteiger partial charge in [0.05, 0.1) is 19.2 Å². The Kier molecular flexibility index (Phi) is 6.23. The molecule has 1 amide bonds. The summed E-state index contributed by atoms with van der Waals surface area (Å²) in [5.41, 5.74) is 6.68. The fraction of sp³-hybridized carbons (Fsp3) is 0.0833. The van der Waals surface area contributed by atoms with Crippen molar-refractivity contribution in [3.8, 4) is 11.3 Å². The molecule has 0 radical (unpaired) electrons. The van der Waals surface area contributed by atoms with E-state index in [4.69, 9.17) is 0 Å². The van der Waals surface area contributed by atoms with Crippen molar-refractivity contribution in [3.05, 3.63) is 108 Å². The van der Waals surface area contributed by atoms with Crippen molar-refractivity contribution in [3.63, 3.8) is 0 Å². The van der Waals surface area contributed by atoms with Crippen LogP contribution in [0.15, 0.2) is 90.4 Å². The quantitative estimate of drug-likeness (QED) is 0.370. The summed E-state index contributed by atoms with van der Waals surface area (Å²) in [4.78, 5) is 16.3. The smallest absolute Gasteiger partial charge is 0.244 e. The topological polar surface area (TPSA) is 72.2 Å². The first-order valence-corrected chi connectivity index (χ1v) is 9.75. The molecule has 154 valence electrons. The molecule has 0 fully saturated rings. The standard InChI is InChI=1S/C24H20FN5O/c25-22-10-8-18(9-11-22)13-23(31)28-27-15-21-17-30(16-19-5-2-1-3-6-19)29-24(21)20-7-4-12-26-14-20/h1-12,14-15,17H,13,16H2,(H,28,31)/b27-15+. The molecule has 2 aromatic carbocycles. The van der Waals surface area contributed by atoms with Crippen molar-refractivity contribution in [2.45, 2.75) is 13.0 Å². The largest absolute Gasteiger partial charge is 0.273 e. The number of nitrogens with zero attached hydrogens (tertiary/aromatic N) is 4. The minimum absolute atomic E-state index is 0.111. The number of carbonyl (C=O) groups is 1. The lowest BCUT2D eigenvalue weighted by atomic mass is 10.1. The molecule has 0 spiro atoms. The molecule has 0 saturated carbocycles. The van der Waals surface area contributed by atoms with Crippen LogP contribution in [-0.4, -0.2) is 26.9 Å². The molecule has 4 aromatic rings. The van der Waals surface area contributed by atoms with E-state index in [1.165, 1.54) is 12.1 Å². The van der Waals surface area contributed by atoms with E-state index in [1.807, 2.05) is 53.3 Å². The van der Waals surface area contributed by atoms with Crippen LogP contribution in [0.2, 0.25) is 0 Å². The van der Waals surface area contributed by atoms with Gasteiger partial charge in [0.1, 0.15) is 11.5 Å². The third-order valence-corrected chi connectivity index (χ3v) is 4.58. The Balaban J connectivity index is 1.50. The number of aromatic nitrogens is 3. The SMILES string of the molecule is O=C(Cc1ccc(F)cc1)N/N=C/c1cn(Cc2ccccc2)nc1-c1cccnc1. The van der Waals surface area contributed by atoms with Crippen LogP contribution in [0.3, 0.4) is 0 Å². The van der Waals surface area contributed by atoms with E-state index < -0.39 is 0 Å². The number of halogens is 1. The van der Waals surface area contributed by atoms with E-state index in [0.29, 0.717) is 12.1 Å². The van der Waals surface area contributed by atoms with E-state index in [0.717, 1.165) is 22.4 Å². The van der Waals surface area contributed by atoms with Crippen LogP contribution in [0.5, 0.6) is 0 Å². The second kappa shape index (κ2) is 9.58. The summed E-state index contributed by atoms with van der Waals surface area (Å²) in [6.07, 6.45) is 7.00. The molecule has 0 aliphatic rings. The van der Waals surface area contributed by atoms with Crippen LogP contribution in [0.25, 0.3) is 11.3 Å². The van der Waals surface area contributed by atoms with E-state index in [-0.39, 0.29) is 18.1 Å². The monoisotopic (exact) mass is 413 g/mol. The van der Waals surface area contributed by atoms with Gasteiger partial charge in [-0.25, -0.2) is 9.82 Å². The number of hydrazone groups is 1. The molecule has 0 saturated heterocycles. The molecular weight excluding hydrogens is 393 g/mol. The molecule has 0 atom stereocenters. The Bertz CT molecular complexity index is 1170. The number of pyridine rings is 1. The van der Waals surface area contributed by atoms with Crippen LogP contribution in [-0.2, 0) is 17.8 Å². The maximum Gasteiger partial charge on any atom is 0.244 e. The van der Waals surface area contributed by atoms with Crippen LogP contribution in [0, 0.1) is 5.82 Å². The van der Waals surface area contributed by atoms with Crippen LogP contribution < -0.4 is 5.43 Å². The summed E-state index contributed by atoms with van der Waals surface area (Å²) < 4.78 is 14.8. The van der Waals surface area contributed by atoms with E-state index in [1.54, 1.807) is 30.7 Å². The van der Waals surface area contributed by atoms with Crippen molar-refractivity contribution in [1.82, 2.24) is 20.2 Å². The molecule has 2 heterocycles. The summed E-state index contributed by atoms with van der Waals surface area (Å²) >= 11 is 0. The highest BCUT2D eigenvalue weighted by Gasteiger charge is 2.11.